The third kappa shape index (κ3) is 5.49. The number of benzene rings is 1. The molecule has 11 heteroatoms. The predicted molar refractivity (Wildman–Crippen MR) is 168 cm³/mol. The summed E-state index contributed by atoms with van der Waals surface area (Å²) in [6, 6.07) is 14.2. The van der Waals surface area contributed by atoms with Crippen molar-refractivity contribution in [2.24, 2.45) is 5.92 Å². The highest BCUT2D eigenvalue weighted by atomic mass is 19.1. The molecule has 1 aliphatic carbocycles. The number of likely N-dealkylation sites (N-methyl/N-ethyl adjacent to an activating group) is 1. The number of H-pyrrole nitrogens is 2. The quantitative estimate of drug-likeness (QED) is 0.187. The van der Waals surface area contributed by atoms with E-state index in [1.54, 1.807) is 18.6 Å². The molecule has 0 unspecified atom stereocenters. The lowest BCUT2D eigenvalue weighted by Crippen LogP contribution is -2.28. The number of hydrogen-bond acceptors (Lipinski definition) is 7. The molecule has 7 rings (SSSR count). The number of amides is 1. The molecule has 0 bridgehead atoms. The number of nitrogens with zero attached hydrogens (tertiary/aromatic N) is 5. The van der Waals surface area contributed by atoms with Crippen molar-refractivity contribution in [3.05, 3.63) is 72.9 Å². The molecule has 5 heterocycles. The van der Waals surface area contributed by atoms with E-state index < -0.39 is 0 Å². The lowest BCUT2D eigenvalue weighted by molar-refractivity contribution is -0.122. The third-order valence-corrected chi connectivity index (χ3v) is 7.96. The molecule has 1 saturated carbocycles. The zero-order chi connectivity index (χ0) is 30.2. The van der Waals surface area contributed by atoms with E-state index in [4.69, 9.17) is 9.72 Å². The number of fused-ring (bicyclic) bond motifs is 2. The summed E-state index contributed by atoms with van der Waals surface area (Å²) in [5.74, 6) is 0.212. The summed E-state index contributed by atoms with van der Waals surface area (Å²) in [4.78, 5) is 31.6. The van der Waals surface area contributed by atoms with Crippen LogP contribution in [0.5, 0.6) is 5.75 Å². The summed E-state index contributed by atoms with van der Waals surface area (Å²) in [6.45, 7) is 1.17. The van der Waals surface area contributed by atoms with E-state index in [-0.39, 0.29) is 17.6 Å². The van der Waals surface area contributed by atoms with Crippen LogP contribution in [0.15, 0.2) is 67.1 Å². The first-order valence-electron chi connectivity index (χ1n) is 14.6. The molecule has 10 nitrogen and oxygen atoms in total. The van der Waals surface area contributed by atoms with E-state index in [0.29, 0.717) is 51.9 Å². The molecule has 6 aromatic rings. The number of aromatic amines is 2. The van der Waals surface area contributed by atoms with Crippen LogP contribution in [0, 0.1) is 11.7 Å². The lowest BCUT2D eigenvalue weighted by Gasteiger charge is -2.24. The normalized spacial score (nSPS) is 13.5. The van der Waals surface area contributed by atoms with Crippen LogP contribution in [0.2, 0.25) is 0 Å². The van der Waals surface area contributed by atoms with Gasteiger partial charge in [0, 0.05) is 41.9 Å². The number of halogens is 1. The van der Waals surface area contributed by atoms with Crippen molar-refractivity contribution in [1.29, 1.82) is 0 Å². The minimum Gasteiger partial charge on any atom is -0.492 e. The molecular formula is C33H31FN8O2. The lowest BCUT2D eigenvalue weighted by atomic mass is 9.85. The average Bonchev–Trinajstić information content (AvgIpc) is 3.59. The third-order valence-electron chi connectivity index (χ3n) is 7.96. The summed E-state index contributed by atoms with van der Waals surface area (Å²) in [5.41, 5.74) is 7.04. The predicted octanol–water partition coefficient (Wildman–Crippen LogP) is 6.05. The maximum atomic E-state index is 14.7. The van der Waals surface area contributed by atoms with Crippen molar-refractivity contribution in [3.63, 3.8) is 0 Å². The molecule has 5 aromatic heterocycles. The molecular weight excluding hydrogens is 559 g/mol. The van der Waals surface area contributed by atoms with Crippen molar-refractivity contribution < 1.29 is 13.9 Å². The summed E-state index contributed by atoms with van der Waals surface area (Å²) in [5, 5.41) is 11.4. The molecule has 1 aromatic carbocycles. The van der Waals surface area contributed by atoms with Crippen molar-refractivity contribution >= 4 is 33.7 Å². The Bertz CT molecular complexity index is 2000. The fraction of sp³-hybridized carbons (Fsp3) is 0.242. The summed E-state index contributed by atoms with van der Waals surface area (Å²) in [6.07, 6.45) is 8.02. The van der Waals surface area contributed by atoms with Crippen LogP contribution in [0.3, 0.4) is 0 Å². The standard InChI is InChI=1S/C33H31FN8O2/c1-42(2)10-11-44-24-14-20(12-22(34)15-24)25-8-9-36-32-26(25)16-29(39-32)31-30-28(40-41-31)7-6-27(38-30)21-13-23(18-35-17-21)37-33(43)19-4-3-5-19/h6-9,12-19H,3-5,10-11H2,1-2H3,(H,36,39)(H,37,43)(H,40,41). The molecule has 1 amide bonds. The van der Waals surface area contributed by atoms with E-state index >= 15 is 0 Å². The number of rotatable bonds is 9. The number of nitrogens with one attached hydrogen (secondary N) is 3. The van der Waals surface area contributed by atoms with Crippen molar-refractivity contribution in [2.45, 2.75) is 19.3 Å². The number of anilines is 1. The summed E-state index contributed by atoms with van der Waals surface area (Å²) >= 11 is 0. The van der Waals surface area contributed by atoms with Crippen LogP contribution in [0.1, 0.15) is 19.3 Å². The molecule has 0 aliphatic heterocycles. The SMILES string of the molecule is CN(C)CCOc1cc(F)cc(-c2ccnc3[nH]c(-c4n[nH]c5ccc(-c6cncc(NC(=O)C7CCC7)c6)nc45)cc23)c1. The number of ether oxygens (including phenoxy) is 1. The Balaban J connectivity index is 1.21. The van der Waals surface area contributed by atoms with Crippen LogP contribution < -0.4 is 10.1 Å². The van der Waals surface area contributed by atoms with Crippen LogP contribution >= 0.6 is 0 Å². The van der Waals surface area contributed by atoms with Crippen LogP contribution in [-0.2, 0) is 4.79 Å². The van der Waals surface area contributed by atoms with Gasteiger partial charge in [0.2, 0.25) is 5.91 Å². The Hall–Kier alpha value is -5.16. The van der Waals surface area contributed by atoms with Crippen molar-refractivity contribution in [1.82, 2.24) is 35.0 Å². The number of carbonyl (C=O) groups excluding carboxylic acids is 1. The highest BCUT2D eigenvalue weighted by Gasteiger charge is 2.25. The monoisotopic (exact) mass is 590 g/mol. The Morgan fingerprint density at radius 3 is 2.80 bits per heavy atom. The zero-order valence-corrected chi connectivity index (χ0v) is 24.4. The Morgan fingerprint density at radius 2 is 1.98 bits per heavy atom. The topological polar surface area (TPSA) is 125 Å². The van der Waals surface area contributed by atoms with Gasteiger partial charge in [-0.25, -0.2) is 14.4 Å². The summed E-state index contributed by atoms with van der Waals surface area (Å²) in [7, 11) is 3.92. The molecule has 3 N–H and O–H groups in total. The Kier molecular flexibility index (Phi) is 7.23. The molecule has 0 saturated heterocycles. The van der Waals surface area contributed by atoms with E-state index in [9.17, 15) is 9.18 Å². The van der Waals surface area contributed by atoms with Gasteiger partial charge < -0.3 is 19.9 Å². The molecule has 1 aliphatic rings. The fourth-order valence-electron chi connectivity index (χ4n) is 5.36. The van der Waals surface area contributed by atoms with Crippen molar-refractivity contribution in [3.8, 4) is 39.5 Å². The molecule has 0 spiro atoms. The number of aromatic nitrogens is 6. The smallest absolute Gasteiger partial charge is 0.227 e. The Morgan fingerprint density at radius 1 is 1.09 bits per heavy atom. The maximum Gasteiger partial charge on any atom is 0.227 e. The fourth-order valence-corrected chi connectivity index (χ4v) is 5.36. The van der Waals surface area contributed by atoms with E-state index in [1.807, 2.05) is 55.4 Å². The minimum absolute atomic E-state index is 0.0360. The van der Waals surface area contributed by atoms with Gasteiger partial charge >= 0.3 is 0 Å². The highest BCUT2D eigenvalue weighted by molar-refractivity contribution is 5.99. The largest absolute Gasteiger partial charge is 0.492 e. The number of pyridine rings is 3. The maximum absolute atomic E-state index is 14.7. The van der Waals surface area contributed by atoms with Crippen molar-refractivity contribution in [2.75, 3.05) is 32.6 Å². The number of carbonyl (C=O) groups is 1. The van der Waals surface area contributed by atoms with Gasteiger partial charge in [-0.1, -0.05) is 6.42 Å². The molecule has 1 fully saturated rings. The first-order valence-corrected chi connectivity index (χ1v) is 14.6. The van der Waals surface area contributed by atoms with Gasteiger partial charge in [0.25, 0.3) is 0 Å². The van der Waals surface area contributed by atoms with Crippen LogP contribution in [0.4, 0.5) is 10.1 Å². The highest BCUT2D eigenvalue weighted by Crippen LogP contribution is 2.35. The van der Waals surface area contributed by atoms with E-state index in [1.165, 1.54) is 12.1 Å². The summed E-state index contributed by atoms with van der Waals surface area (Å²) < 4.78 is 20.5. The molecule has 0 radical (unpaired) electrons. The molecule has 0 atom stereocenters. The van der Waals surface area contributed by atoms with Gasteiger partial charge in [-0.05, 0) is 80.5 Å². The van der Waals surface area contributed by atoms with E-state index in [0.717, 1.165) is 47.8 Å². The first-order chi connectivity index (χ1) is 21.4. The average molecular weight is 591 g/mol. The minimum atomic E-state index is -0.376. The van der Waals surface area contributed by atoms with Gasteiger partial charge in [-0.2, -0.15) is 5.10 Å². The van der Waals surface area contributed by atoms with Crippen LogP contribution in [-0.4, -0.2) is 68.2 Å². The van der Waals surface area contributed by atoms with Crippen LogP contribution in [0.25, 0.3) is 55.8 Å². The van der Waals surface area contributed by atoms with Gasteiger partial charge in [-0.3, -0.25) is 14.9 Å². The molecule has 222 valence electrons. The molecule has 44 heavy (non-hydrogen) atoms. The number of hydrogen-bond donors (Lipinski definition) is 3. The Labute approximate surface area is 252 Å². The second-order valence-electron chi connectivity index (χ2n) is 11.4. The van der Waals surface area contributed by atoms with Gasteiger partial charge in [-0.15, -0.1) is 0 Å². The van der Waals surface area contributed by atoms with Gasteiger partial charge in [0.05, 0.1) is 28.8 Å². The second-order valence-corrected chi connectivity index (χ2v) is 11.4. The van der Waals surface area contributed by atoms with Gasteiger partial charge in [0.1, 0.15) is 35.0 Å². The van der Waals surface area contributed by atoms with E-state index in [2.05, 4.69) is 30.5 Å². The first kappa shape index (κ1) is 27.7. The second kappa shape index (κ2) is 11.5. The zero-order valence-electron chi connectivity index (χ0n) is 24.4. The van der Waals surface area contributed by atoms with Gasteiger partial charge in [0.15, 0.2) is 0 Å².